The predicted molar refractivity (Wildman–Crippen MR) is 72.4 cm³/mol. The molecule has 0 atom stereocenters. The maximum Gasteiger partial charge on any atom is 0.251 e. The highest BCUT2D eigenvalue weighted by Gasteiger charge is 2.16. The first-order valence-corrected chi connectivity index (χ1v) is 8.00. The Kier molecular flexibility index (Phi) is 4.51. The second-order valence-electron chi connectivity index (χ2n) is 3.71. The van der Waals surface area contributed by atoms with Crippen LogP contribution < -0.4 is 4.72 Å². The fraction of sp³-hybridized carbons (Fsp3) is 0.182. The summed E-state index contributed by atoms with van der Waals surface area (Å²) >= 11 is 6.47. The number of halogens is 2. The van der Waals surface area contributed by atoms with Crippen LogP contribution in [0.4, 0.5) is 4.39 Å². The lowest BCUT2D eigenvalue weighted by molar-refractivity contribution is 0.583. The molecule has 0 amide bonds. The Labute approximate surface area is 119 Å². The molecule has 0 saturated heterocycles. The van der Waals surface area contributed by atoms with E-state index in [1.54, 1.807) is 12.1 Å². The molecule has 0 radical (unpaired) electrons. The summed E-state index contributed by atoms with van der Waals surface area (Å²) < 4.78 is 39.3. The summed E-state index contributed by atoms with van der Waals surface area (Å²) in [6, 6.07) is 6.04. The Hall–Kier alpha value is -1.02. The lowest BCUT2D eigenvalue weighted by Crippen LogP contribution is -2.25. The van der Waals surface area contributed by atoms with Crippen molar-refractivity contribution in [3.8, 4) is 0 Å². The maximum absolute atomic E-state index is 12.9. The molecule has 0 bridgehead atoms. The van der Waals surface area contributed by atoms with Crippen molar-refractivity contribution in [1.82, 2.24) is 9.71 Å². The van der Waals surface area contributed by atoms with Gasteiger partial charge >= 0.3 is 0 Å². The number of aromatic nitrogens is 1. The summed E-state index contributed by atoms with van der Waals surface area (Å²) in [5.41, 5.74) is 0.727. The highest BCUT2D eigenvalue weighted by Crippen LogP contribution is 2.21. The molecule has 1 aromatic heterocycles. The molecule has 2 aromatic rings. The average molecular weight is 321 g/mol. The first kappa shape index (κ1) is 14.4. The van der Waals surface area contributed by atoms with Gasteiger partial charge in [0, 0.05) is 6.54 Å². The first-order chi connectivity index (χ1) is 8.97. The normalized spacial score (nSPS) is 11.7. The van der Waals surface area contributed by atoms with Gasteiger partial charge in [-0.05, 0) is 24.1 Å². The van der Waals surface area contributed by atoms with Gasteiger partial charge in [0.25, 0.3) is 10.0 Å². The molecule has 0 aliphatic carbocycles. The Bertz CT molecular complexity index is 673. The zero-order valence-corrected chi connectivity index (χ0v) is 12.0. The molecule has 0 unspecified atom stereocenters. The lowest BCUT2D eigenvalue weighted by atomic mass is 10.1. The molecule has 1 N–H and O–H groups in total. The summed E-state index contributed by atoms with van der Waals surface area (Å²) in [6.07, 6.45) is 1.61. The molecule has 4 nitrogen and oxygen atoms in total. The number of nitrogens with one attached hydrogen (secondary N) is 1. The van der Waals surface area contributed by atoms with Gasteiger partial charge in [-0.25, -0.2) is 22.5 Å². The van der Waals surface area contributed by atoms with Crippen molar-refractivity contribution in [1.29, 1.82) is 0 Å². The molecule has 19 heavy (non-hydrogen) atoms. The van der Waals surface area contributed by atoms with E-state index in [0.29, 0.717) is 6.42 Å². The molecule has 1 heterocycles. The van der Waals surface area contributed by atoms with E-state index in [0.717, 1.165) is 16.9 Å². The third kappa shape index (κ3) is 3.97. The molecule has 2 rings (SSSR count). The molecule has 0 aliphatic rings. The maximum atomic E-state index is 12.9. The molecule has 0 saturated carbocycles. The van der Waals surface area contributed by atoms with Crippen LogP contribution in [0, 0.1) is 5.82 Å². The van der Waals surface area contributed by atoms with E-state index in [9.17, 15) is 12.8 Å². The minimum absolute atomic E-state index is 0.0664. The van der Waals surface area contributed by atoms with Crippen molar-refractivity contribution in [2.24, 2.45) is 0 Å². The minimum atomic E-state index is -3.59. The molecule has 8 heteroatoms. The third-order valence-electron chi connectivity index (χ3n) is 2.32. The Morgan fingerprint density at radius 1 is 1.42 bits per heavy atom. The van der Waals surface area contributed by atoms with Gasteiger partial charge in [-0.2, -0.15) is 0 Å². The molecule has 102 valence electrons. The van der Waals surface area contributed by atoms with E-state index in [4.69, 9.17) is 11.6 Å². The van der Waals surface area contributed by atoms with E-state index in [1.807, 2.05) is 0 Å². The van der Waals surface area contributed by atoms with Gasteiger partial charge in [0.05, 0.1) is 6.20 Å². The molecule has 0 aliphatic heterocycles. The van der Waals surface area contributed by atoms with E-state index >= 15 is 0 Å². The molecule has 1 aromatic carbocycles. The molecule has 0 fully saturated rings. The van der Waals surface area contributed by atoms with Crippen LogP contribution in [0.1, 0.15) is 5.56 Å². The van der Waals surface area contributed by atoms with Crippen LogP contribution in [0.5, 0.6) is 0 Å². The summed E-state index contributed by atoms with van der Waals surface area (Å²) in [6.45, 7) is 0.182. The summed E-state index contributed by atoms with van der Waals surface area (Å²) in [5.74, 6) is -0.338. The number of sulfonamides is 1. The SMILES string of the molecule is O=S(=O)(NCCc1cccc(F)c1)c1cnc(Cl)s1. The van der Waals surface area contributed by atoms with E-state index < -0.39 is 10.0 Å². The van der Waals surface area contributed by atoms with E-state index in [1.165, 1.54) is 18.3 Å². The number of nitrogens with zero attached hydrogens (tertiary/aromatic N) is 1. The number of hydrogen-bond donors (Lipinski definition) is 1. The standard InChI is InChI=1S/C11H10ClFN2O2S2/c12-11-14-7-10(18-11)19(16,17)15-5-4-8-2-1-3-9(13)6-8/h1-3,6-7,15H,4-5H2. The van der Waals surface area contributed by atoms with Gasteiger partial charge < -0.3 is 0 Å². The minimum Gasteiger partial charge on any atom is -0.232 e. The summed E-state index contributed by atoms with van der Waals surface area (Å²) in [4.78, 5) is 3.68. The number of thiazole rings is 1. The second kappa shape index (κ2) is 5.96. The van der Waals surface area contributed by atoms with E-state index in [2.05, 4.69) is 9.71 Å². The van der Waals surface area contributed by atoms with Gasteiger partial charge in [0.2, 0.25) is 0 Å². The van der Waals surface area contributed by atoms with Crippen LogP contribution in [0.15, 0.2) is 34.7 Å². The van der Waals surface area contributed by atoms with Gasteiger partial charge in [-0.3, -0.25) is 0 Å². The van der Waals surface area contributed by atoms with Crippen molar-refractivity contribution < 1.29 is 12.8 Å². The van der Waals surface area contributed by atoms with Gasteiger partial charge in [0.1, 0.15) is 5.82 Å². The Morgan fingerprint density at radius 2 is 2.21 bits per heavy atom. The predicted octanol–water partition coefficient (Wildman–Crippen LogP) is 2.46. The lowest BCUT2D eigenvalue weighted by Gasteiger charge is -2.04. The number of rotatable bonds is 5. The van der Waals surface area contributed by atoms with Crippen molar-refractivity contribution in [3.05, 3.63) is 46.3 Å². The fourth-order valence-corrected chi connectivity index (χ4v) is 3.83. The topological polar surface area (TPSA) is 59.1 Å². The van der Waals surface area contributed by atoms with Crippen LogP contribution in [-0.2, 0) is 16.4 Å². The Morgan fingerprint density at radius 3 is 2.84 bits per heavy atom. The van der Waals surface area contributed by atoms with Crippen molar-refractivity contribution in [3.63, 3.8) is 0 Å². The first-order valence-electron chi connectivity index (χ1n) is 5.33. The fourth-order valence-electron chi connectivity index (χ4n) is 1.46. The zero-order chi connectivity index (χ0) is 13.9. The highest BCUT2D eigenvalue weighted by molar-refractivity contribution is 7.91. The summed E-state index contributed by atoms with van der Waals surface area (Å²) in [5, 5.41) is 0. The van der Waals surface area contributed by atoms with Gasteiger partial charge in [-0.1, -0.05) is 35.1 Å². The second-order valence-corrected chi connectivity index (χ2v) is 7.32. The van der Waals surface area contributed by atoms with Crippen molar-refractivity contribution in [2.75, 3.05) is 6.54 Å². The highest BCUT2D eigenvalue weighted by atomic mass is 35.5. The average Bonchev–Trinajstić information content (AvgIpc) is 2.76. The molecule has 0 spiro atoms. The quantitative estimate of drug-likeness (QED) is 0.920. The smallest absolute Gasteiger partial charge is 0.232 e. The van der Waals surface area contributed by atoms with Crippen LogP contribution >= 0.6 is 22.9 Å². The van der Waals surface area contributed by atoms with Crippen LogP contribution in [0.25, 0.3) is 0 Å². The zero-order valence-electron chi connectivity index (χ0n) is 9.64. The van der Waals surface area contributed by atoms with Gasteiger partial charge in [0.15, 0.2) is 8.68 Å². The van der Waals surface area contributed by atoms with Crippen molar-refractivity contribution in [2.45, 2.75) is 10.6 Å². The van der Waals surface area contributed by atoms with E-state index in [-0.39, 0.29) is 21.0 Å². The van der Waals surface area contributed by atoms with Crippen LogP contribution in [0.2, 0.25) is 4.47 Å². The third-order valence-corrected chi connectivity index (χ3v) is 5.35. The Balaban J connectivity index is 1.96. The van der Waals surface area contributed by atoms with Crippen molar-refractivity contribution >= 4 is 33.0 Å². The monoisotopic (exact) mass is 320 g/mol. The van der Waals surface area contributed by atoms with Crippen LogP contribution in [0.3, 0.4) is 0 Å². The summed E-state index contributed by atoms with van der Waals surface area (Å²) in [7, 11) is -3.59. The molecular formula is C11H10ClFN2O2S2. The number of benzene rings is 1. The molecular weight excluding hydrogens is 311 g/mol. The van der Waals surface area contributed by atoms with Gasteiger partial charge in [-0.15, -0.1) is 0 Å². The van der Waals surface area contributed by atoms with Crippen LogP contribution in [-0.4, -0.2) is 19.9 Å². The number of hydrogen-bond acceptors (Lipinski definition) is 4. The largest absolute Gasteiger partial charge is 0.251 e.